The number of carbonyl (C=O) groups is 3. The van der Waals surface area contributed by atoms with Crippen molar-refractivity contribution in [2.45, 2.75) is 39.3 Å². The van der Waals surface area contributed by atoms with Gasteiger partial charge in [-0.15, -0.1) is 0 Å². The lowest BCUT2D eigenvalue weighted by molar-refractivity contribution is -0.127. The van der Waals surface area contributed by atoms with Gasteiger partial charge >= 0.3 is 12.0 Å². The minimum atomic E-state index is -1.27. The molecule has 0 saturated carbocycles. The third-order valence-electron chi connectivity index (χ3n) is 2.53. The van der Waals surface area contributed by atoms with Crippen LogP contribution >= 0.6 is 11.6 Å². The number of amides is 3. The summed E-state index contributed by atoms with van der Waals surface area (Å²) in [6.45, 7) is 6.49. The van der Waals surface area contributed by atoms with Crippen LogP contribution in [0.2, 0.25) is 5.02 Å². The molecule has 0 heterocycles. The Morgan fingerprint density at radius 2 is 1.87 bits per heavy atom. The first-order valence-electron chi connectivity index (χ1n) is 6.78. The van der Waals surface area contributed by atoms with Crippen LogP contribution in [0.5, 0.6) is 0 Å². The SMILES string of the molecule is CC(OC(=O)c1ccc(Cl)cc1F)C(=O)NC(=O)NC(C)(C)C. The number of benzene rings is 1. The van der Waals surface area contributed by atoms with Crippen molar-refractivity contribution in [3.63, 3.8) is 0 Å². The van der Waals surface area contributed by atoms with Gasteiger partial charge in [-0.3, -0.25) is 10.1 Å². The first-order valence-corrected chi connectivity index (χ1v) is 7.16. The molecule has 1 atom stereocenters. The largest absolute Gasteiger partial charge is 0.449 e. The number of hydrogen-bond donors (Lipinski definition) is 2. The predicted molar refractivity (Wildman–Crippen MR) is 82.7 cm³/mol. The van der Waals surface area contributed by atoms with Gasteiger partial charge in [0.15, 0.2) is 6.10 Å². The molecule has 1 unspecified atom stereocenters. The third-order valence-corrected chi connectivity index (χ3v) is 2.76. The van der Waals surface area contributed by atoms with E-state index in [4.69, 9.17) is 16.3 Å². The van der Waals surface area contributed by atoms with Gasteiger partial charge in [0.1, 0.15) is 5.82 Å². The van der Waals surface area contributed by atoms with Crippen molar-refractivity contribution in [3.05, 3.63) is 34.6 Å². The Balaban J connectivity index is 2.64. The van der Waals surface area contributed by atoms with Crippen molar-refractivity contribution in [3.8, 4) is 0 Å². The van der Waals surface area contributed by atoms with Crippen LogP contribution < -0.4 is 10.6 Å². The van der Waals surface area contributed by atoms with Crippen molar-refractivity contribution in [2.75, 3.05) is 0 Å². The van der Waals surface area contributed by atoms with Gasteiger partial charge in [-0.1, -0.05) is 11.6 Å². The molecule has 0 aliphatic heterocycles. The Kier molecular flexibility index (Phi) is 6.09. The minimum Gasteiger partial charge on any atom is -0.449 e. The lowest BCUT2D eigenvalue weighted by Crippen LogP contribution is -2.50. The number of nitrogens with one attached hydrogen (secondary N) is 2. The van der Waals surface area contributed by atoms with Gasteiger partial charge < -0.3 is 10.1 Å². The highest BCUT2D eigenvalue weighted by atomic mass is 35.5. The lowest BCUT2D eigenvalue weighted by atomic mass is 10.1. The van der Waals surface area contributed by atoms with E-state index >= 15 is 0 Å². The summed E-state index contributed by atoms with van der Waals surface area (Å²) in [6, 6.07) is 2.71. The van der Waals surface area contributed by atoms with E-state index in [9.17, 15) is 18.8 Å². The quantitative estimate of drug-likeness (QED) is 0.825. The molecule has 0 radical (unpaired) electrons. The smallest absolute Gasteiger partial charge is 0.341 e. The zero-order valence-corrected chi connectivity index (χ0v) is 14.0. The summed E-state index contributed by atoms with van der Waals surface area (Å²) in [5.41, 5.74) is -0.885. The maximum absolute atomic E-state index is 13.6. The molecule has 1 aromatic carbocycles. The van der Waals surface area contributed by atoms with Gasteiger partial charge in [-0.2, -0.15) is 0 Å². The van der Waals surface area contributed by atoms with Crippen LogP contribution in [0, 0.1) is 5.82 Å². The Morgan fingerprint density at radius 1 is 1.26 bits per heavy atom. The van der Waals surface area contributed by atoms with E-state index < -0.39 is 35.4 Å². The molecule has 6 nitrogen and oxygen atoms in total. The fourth-order valence-corrected chi connectivity index (χ4v) is 1.68. The van der Waals surface area contributed by atoms with Crippen LogP contribution in [-0.4, -0.2) is 29.6 Å². The summed E-state index contributed by atoms with van der Waals surface area (Å²) < 4.78 is 18.4. The van der Waals surface area contributed by atoms with Crippen molar-refractivity contribution < 1.29 is 23.5 Å². The first kappa shape index (κ1) is 18.9. The van der Waals surface area contributed by atoms with Crippen molar-refractivity contribution in [2.24, 2.45) is 0 Å². The summed E-state index contributed by atoms with van der Waals surface area (Å²) in [5, 5.41) is 4.68. The highest BCUT2D eigenvalue weighted by Crippen LogP contribution is 2.16. The fourth-order valence-electron chi connectivity index (χ4n) is 1.52. The van der Waals surface area contributed by atoms with E-state index in [1.807, 2.05) is 5.32 Å². The third kappa shape index (κ3) is 6.23. The van der Waals surface area contributed by atoms with Crippen LogP contribution in [0.4, 0.5) is 9.18 Å². The van der Waals surface area contributed by atoms with Crippen molar-refractivity contribution in [1.29, 1.82) is 0 Å². The minimum absolute atomic E-state index is 0.128. The first-order chi connectivity index (χ1) is 10.5. The highest BCUT2D eigenvalue weighted by molar-refractivity contribution is 6.30. The lowest BCUT2D eigenvalue weighted by Gasteiger charge is -2.21. The van der Waals surface area contributed by atoms with Gasteiger partial charge in [-0.05, 0) is 45.9 Å². The second-order valence-corrected chi connectivity index (χ2v) is 6.30. The molecule has 0 bridgehead atoms. The van der Waals surface area contributed by atoms with Gasteiger partial charge in [-0.25, -0.2) is 14.0 Å². The normalized spacial score (nSPS) is 12.3. The molecule has 3 amide bonds. The Labute approximate surface area is 138 Å². The van der Waals surface area contributed by atoms with Crippen LogP contribution in [0.3, 0.4) is 0 Å². The van der Waals surface area contributed by atoms with E-state index in [-0.39, 0.29) is 10.6 Å². The van der Waals surface area contributed by atoms with E-state index in [0.717, 1.165) is 12.1 Å². The number of carbonyl (C=O) groups excluding carboxylic acids is 3. The van der Waals surface area contributed by atoms with Gasteiger partial charge in [0.05, 0.1) is 5.56 Å². The summed E-state index contributed by atoms with van der Waals surface area (Å²) in [5.74, 6) is -2.71. The number of ether oxygens (including phenoxy) is 1. The molecule has 8 heteroatoms. The summed E-state index contributed by atoms with van der Waals surface area (Å²) in [6.07, 6.45) is -1.27. The maximum Gasteiger partial charge on any atom is 0.341 e. The standard InChI is InChI=1S/C15H18ClFN2O4/c1-8(12(20)18-14(22)19-15(2,3)4)23-13(21)10-6-5-9(16)7-11(10)17/h5-8H,1-4H3,(H2,18,19,20,22). The Hall–Kier alpha value is -2.15. The molecule has 0 aliphatic carbocycles. The van der Waals surface area contributed by atoms with Crippen molar-refractivity contribution in [1.82, 2.24) is 10.6 Å². The number of imide groups is 1. The van der Waals surface area contributed by atoms with Gasteiger partial charge in [0.25, 0.3) is 5.91 Å². The molecule has 0 spiro atoms. The van der Waals surface area contributed by atoms with Crippen LogP contribution in [0.15, 0.2) is 18.2 Å². The average Bonchev–Trinajstić information content (AvgIpc) is 2.35. The van der Waals surface area contributed by atoms with E-state index in [0.29, 0.717) is 0 Å². The molecule has 1 aromatic rings. The molecule has 126 valence electrons. The number of urea groups is 1. The summed E-state index contributed by atoms with van der Waals surface area (Å²) in [7, 11) is 0. The summed E-state index contributed by atoms with van der Waals surface area (Å²) in [4.78, 5) is 35.2. The Morgan fingerprint density at radius 3 is 2.39 bits per heavy atom. The fraction of sp³-hybridized carbons (Fsp3) is 0.400. The second kappa shape index (κ2) is 7.41. The molecule has 23 heavy (non-hydrogen) atoms. The Bertz CT molecular complexity index is 628. The summed E-state index contributed by atoms with van der Waals surface area (Å²) >= 11 is 5.59. The second-order valence-electron chi connectivity index (χ2n) is 5.87. The monoisotopic (exact) mass is 344 g/mol. The van der Waals surface area contributed by atoms with Crippen molar-refractivity contribution >= 4 is 29.5 Å². The van der Waals surface area contributed by atoms with E-state index in [1.54, 1.807) is 20.8 Å². The topological polar surface area (TPSA) is 84.5 Å². The van der Waals surface area contributed by atoms with Gasteiger partial charge in [0.2, 0.25) is 0 Å². The molecule has 0 fully saturated rings. The van der Waals surface area contributed by atoms with Crippen LogP contribution in [-0.2, 0) is 9.53 Å². The molecular weight excluding hydrogens is 327 g/mol. The number of esters is 1. The van der Waals surface area contributed by atoms with E-state index in [2.05, 4.69) is 5.32 Å². The zero-order chi connectivity index (χ0) is 17.8. The highest BCUT2D eigenvalue weighted by Gasteiger charge is 2.24. The number of halogens is 2. The molecule has 0 aliphatic rings. The van der Waals surface area contributed by atoms with Crippen LogP contribution in [0.25, 0.3) is 0 Å². The predicted octanol–water partition coefficient (Wildman–Crippen LogP) is 2.65. The molecule has 1 rings (SSSR count). The molecule has 0 aromatic heterocycles. The van der Waals surface area contributed by atoms with Crippen LogP contribution in [0.1, 0.15) is 38.1 Å². The van der Waals surface area contributed by atoms with Gasteiger partial charge in [0, 0.05) is 10.6 Å². The zero-order valence-electron chi connectivity index (χ0n) is 13.2. The molecule has 0 saturated heterocycles. The molecular formula is C15H18ClFN2O4. The maximum atomic E-state index is 13.6. The average molecular weight is 345 g/mol. The number of rotatable bonds is 3. The number of hydrogen-bond acceptors (Lipinski definition) is 4. The van der Waals surface area contributed by atoms with E-state index in [1.165, 1.54) is 13.0 Å². The molecule has 2 N–H and O–H groups in total.